The molecule has 0 radical (unpaired) electrons. The Morgan fingerprint density at radius 1 is 1.16 bits per heavy atom. The number of nitro benzene ring substituents is 1. The number of anilines is 1. The van der Waals surface area contributed by atoms with Crippen LogP contribution >= 0.6 is 0 Å². The Kier molecular flexibility index (Phi) is 4.29. The summed E-state index contributed by atoms with van der Waals surface area (Å²) in [6.07, 6.45) is 0. The summed E-state index contributed by atoms with van der Waals surface area (Å²) in [5, 5.41) is 15.5. The number of non-ortho nitro benzene ring substituents is 1. The van der Waals surface area contributed by atoms with Crippen LogP contribution in [0.1, 0.15) is 33.5 Å². The van der Waals surface area contributed by atoms with Gasteiger partial charge in [-0.25, -0.2) is 0 Å². The van der Waals surface area contributed by atoms with Gasteiger partial charge in [0.15, 0.2) is 11.2 Å². The summed E-state index contributed by atoms with van der Waals surface area (Å²) in [5.74, 6) is 0.317. The van der Waals surface area contributed by atoms with Gasteiger partial charge in [-0.2, -0.15) is 0 Å². The molecule has 0 N–H and O–H groups in total. The number of nitrogens with zero attached hydrogens (tertiary/aromatic N) is 3. The zero-order valence-corrected chi connectivity index (χ0v) is 16.9. The van der Waals surface area contributed by atoms with Gasteiger partial charge in [0.25, 0.3) is 11.6 Å². The maximum atomic E-state index is 13.5. The molecule has 0 spiro atoms. The summed E-state index contributed by atoms with van der Waals surface area (Å²) in [5.41, 5.74) is 0.0458. The van der Waals surface area contributed by atoms with Crippen LogP contribution in [0.25, 0.3) is 11.0 Å². The first-order chi connectivity index (χ1) is 15.4. The van der Waals surface area contributed by atoms with Gasteiger partial charge < -0.3 is 13.7 Å². The highest BCUT2D eigenvalue weighted by Gasteiger charge is 2.45. The average molecular weight is 433 g/mol. The molecule has 32 heavy (non-hydrogen) atoms. The summed E-state index contributed by atoms with van der Waals surface area (Å²) < 4.78 is 16.2. The summed E-state index contributed by atoms with van der Waals surface area (Å²) in [6, 6.07) is 11.0. The van der Waals surface area contributed by atoms with E-state index in [-0.39, 0.29) is 33.8 Å². The molecule has 10 heteroatoms. The second-order valence-corrected chi connectivity index (χ2v) is 7.26. The van der Waals surface area contributed by atoms with Gasteiger partial charge in [0.2, 0.25) is 5.76 Å². The Labute approximate surface area is 179 Å². The fourth-order valence-corrected chi connectivity index (χ4v) is 3.91. The minimum absolute atomic E-state index is 0.0776. The van der Waals surface area contributed by atoms with E-state index in [1.165, 1.54) is 36.3 Å². The minimum atomic E-state index is -0.982. The maximum Gasteiger partial charge on any atom is 0.296 e. The number of nitro groups is 1. The molecule has 0 fully saturated rings. The highest BCUT2D eigenvalue weighted by atomic mass is 16.6. The molecule has 10 nitrogen and oxygen atoms in total. The Bertz CT molecular complexity index is 1470. The number of aryl methyl sites for hydroxylation is 1. The zero-order valence-electron chi connectivity index (χ0n) is 16.9. The number of carbonyl (C=O) groups excluding carboxylic acids is 1. The molecule has 1 aliphatic heterocycles. The zero-order chi connectivity index (χ0) is 22.6. The Hall–Kier alpha value is -4.47. The lowest BCUT2D eigenvalue weighted by Gasteiger charge is -2.22. The molecule has 2 aromatic carbocycles. The highest BCUT2D eigenvalue weighted by Crippen LogP contribution is 2.41. The number of rotatable bonds is 4. The van der Waals surface area contributed by atoms with Gasteiger partial charge in [-0.3, -0.25) is 24.6 Å². The van der Waals surface area contributed by atoms with Crippen molar-refractivity contribution in [3.63, 3.8) is 0 Å². The van der Waals surface area contributed by atoms with Crippen LogP contribution in [0, 0.1) is 17.0 Å². The maximum absolute atomic E-state index is 13.5. The average Bonchev–Trinajstić information content (AvgIpc) is 3.34. The van der Waals surface area contributed by atoms with Crippen LogP contribution in [-0.2, 0) is 0 Å². The number of fused-ring (bicyclic) bond motifs is 2. The van der Waals surface area contributed by atoms with Crippen molar-refractivity contribution in [2.24, 2.45) is 0 Å². The smallest absolute Gasteiger partial charge is 0.296 e. The molecule has 1 aliphatic rings. The van der Waals surface area contributed by atoms with Crippen molar-refractivity contribution in [1.29, 1.82) is 0 Å². The fourth-order valence-electron chi connectivity index (χ4n) is 3.91. The summed E-state index contributed by atoms with van der Waals surface area (Å²) in [6.45, 7) is 1.66. The number of methoxy groups -OCH3 is 1. The molecule has 1 unspecified atom stereocenters. The van der Waals surface area contributed by atoms with E-state index in [2.05, 4.69) is 5.16 Å². The molecule has 0 saturated heterocycles. The molecule has 0 aliphatic carbocycles. The second-order valence-electron chi connectivity index (χ2n) is 7.26. The second kappa shape index (κ2) is 7.05. The number of carbonyl (C=O) groups is 1. The number of aromatic nitrogens is 1. The molecular formula is C22H15N3O7. The fraction of sp³-hybridized carbons (Fsp3) is 0.136. The van der Waals surface area contributed by atoms with E-state index in [0.29, 0.717) is 17.1 Å². The number of ether oxygens (including phenoxy) is 1. The van der Waals surface area contributed by atoms with E-state index < -0.39 is 22.3 Å². The molecule has 2 aromatic heterocycles. The molecule has 0 saturated carbocycles. The predicted molar refractivity (Wildman–Crippen MR) is 112 cm³/mol. The van der Waals surface area contributed by atoms with Gasteiger partial charge >= 0.3 is 0 Å². The molecule has 3 heterocycles. The third-order valence-corrected chi connectivity index (χ3v) is 5.34. The standard InChI is InChI=1S/C22H15N3O7/c1-11-8-17(23-32-11)24-19(12-4-3-5-13(9-12)25(28)29)18-20(26)15-7-6-14(30-2)10-16(15)31-21(18)22(24)27/h3-10,19H,1-2H3. The number of hydrogen-bond acceptors (Lipinski definition) is 8. The first kappa shape index (κ1) is 19.5. The Morgan fingerprint density at radius 3 is 2.66 bits per heavy atom. The lowest BCUT2D eigenvalue weighted by molar-refractivity contribution is -0.384. The van der Waals surface area contributed by atoms with Crippen LogP contribution in [0.15, 0.2) is 62.3 Å². The molecule has 4 aromatic rings. The van der Waals surface area contributed by atoms with Crippen molar-refractivity contribution in [2.45, 2.75) is 13.0 Å². The van der Waals surface area contributed by atoms with E-state index in [4.69, 9.17) is 13.7 Å². The number of benzene rings is 2. The lowest BCUT2D eigenvalue weighted by Crippen LogP contribution is -2.29. The number of hydrogen-bond donors (Lipinski definition) is 0. The van der Waals surface area contributed by atoms with Crippen molar-refractivity contribution in [2.75, 3.05) is 12.0 Å². The predicted octanol–water partition coefficient (Wildman–Crippen LogP) is 3.76. The third kappa shape index (κ3) is 2.84. The number of amides is 1. The van der Waals surface area contributed by atoms with Crippen LogP contribution in [-0.4, -0.2) is 23.1 Å². The van der Waals surface area contributed by atoms with E-state index >= 15 is 0 Å². The van der Waals surface area contributed by atoms with E-state index in [9.17, 15) is 19.7 Å². The summed E-state index contributed by atoms with van der Waals surface area (Å²) in [4.78, 5) is 38.9. The molecular weight excluding hydrogens is 418 g/mol. The van der Waals surface area contributed by atoms with Crippen LogP contribution in [0.4, 0.5) is 11.5 Å². The van der Waals surface area contributed by atoms with Gasteiger partial charge in [0.05, 0.1) is 29.0 Å². The molecule has 0 bridgehead atoms. The third-order valence-electron chi connectivity index (χ3n) is 5.34. The van der Waals surface area contributed by atoms with Crippen molar-refractivity contribution in [3.8, 4) is 5.75 Å². The Morgan fingerprint density at radius 2 is 1.97 bits per heavy atom. The minimum Gasteiger partial charge on any atom is -0.497 e. The molecule has 5 rings (SSSR count). The van der Waals surface area contributed by atoms with Crippen LogP contribution in [0.3, 0.4) is 0 Å². The van der Waals surface area contributed by atoms with Crippen LogP contribution in [0.2, 0.25) is 0 Å². The van der Waals surface area contributed by atoms with Crippen LogP contribution in [0.5, 0.6) is 5.75 Å². The Balaban J connectivity index is 1.81. The SMILES string of the molecule is COc1ccc2c(=O)c3c(oc2c1)C(=O)N(c1cc(C)on1)C3c1cccc([N+](=O)[O-])c1. The quantitative estimate of drug-likeness (QED) is 0.351. The van der Waals surface area contributed by atoms with Crippen molar-refractivity contribution < 1.29 is 23.4 Å². The van der Waals surface area contributed by atoms with Gasteiger partial charge in [0, 0.05) is 24.3 Å². The first-order valence-corrected chi connectivity index (χ1v) is 9.55. The highest BCUT2D eigenvalue weighted by molar-refractivity contribution is 6.10. The van der Waals surface area contributed by atoms with Gasteiger partial charge in [0.1, 0.15) is 17.1 Å². The van der Waals surface area contributed by atoms with Crippen molar-refractivity contribution in [1.82, 2.24) is 5.16 Å². The van der Waals surface area contributed by atoms with Crippen molar-refractivity contribution >= 4 is 28.4 Å². The molecule has 1 atom stereocenters. The van der Waals surface area contributed by atoms with Gasteiger partial charge in [-0.15, -0.1) is 0 Å². The molecule has 160 valence electrons. The van der Waals surface area contributed by atoms with Gasteiger partial charge in [-0.05, 0) is 24.6 Å². The van der Waals surface area contributed by atoms with E-state index in [1.54, 1.807) is 31.2 Å². The first-order valence-electron chi connectivity index (χ1n) is 9.55. The van der Waals surface area contributed by atoms with Gasteiger partial charge in [-0.1, -0.05) is 17.3 Å². The van der Waals surface area contributed by atoms with E-state index in [0.717, 1.165) is 0 Å². The summed E-state index contributed by atoms with van der Waals surface area (Å²) in [7, 11) is 1.48. The van der Waals surface area contributed by atoms with Crippen molar-refractivity contribution in [3.05, 3.63) is 91.5 Å². The topological polar surface area (TPSA) is 129 Å². The van der Waals surface area contributed by atoms with Crippen LogP contribution < -0.4 is 15.1 Å². The lowest BCUT2D eigenvalue weighted by atomic mass is 9.98. The normalized spacial score (nSPS) is 15.2. The summed E-state index contributed by atoms with van der Waals surface area (Å²) >= 11 is 0. The largest absolute Gasteiger partial charge is 0.497 e. The molecule has 1 amide bonds. The van der Waals surface area contributed by atoms with E-state index in [1.807, 2.05) is 0 Å². The monoisotopic (exact) mass is 433 g/mol.